The van der Waals surface area contributed by atoms with Crippen LogP contribution in [0, 0.1) is 0 Å². The summed E-state index contributed by atoms with van der Waals surface area (Å²) >= 11 is 11.7. The molecule has 0 atom stereocenters. The lowest BCUT2D eigenvalue weighted by Gasteiger charge is -1.97. The van der Waals surface area contributed by atoms with Gasteiger partial charge in [0.15, 0.2) is 0 Å². The fraction of sp³-hybridized carbons (Fsp3) is 0. The minimum atomic E-state index is 0.543. The molecular formula is C11H7Cl2NO. The minimum absolute atomic E-state index is 0.543. The molecule has 4 heteroatoms. The molecule has 0 N–H and O–H groups in total. The van der Waals surface area contributed by atoms with Gasteiger partial charge in [0, 0.05) is 22.9 Å². The maximum absolute atomic E-state index is 5.96. The first-order valence-corrected chi connectivity index (χ1v) is 5.04. The van der Waals surface area contributed by atoms with Gasteiger partial charge in [0.1, 0.15) is 0 Å². The van der Waals surface area contributed by atoms with Crippen molar-refractivity contribution in [3.8, 4) is 0 Å². The Bertz CT molecular complexity index is 477. The number of rotatable bonds is 2. The van der Waals surface area contributed by atoms with Gasteiger partial charge in [-0.1, -0.05) is 29.3 Å². The third kappa shape index (κ3) is 2.61. The first-order chi connectivity index (χ1) is 7.25. The van der Waals surface area contributed by atoms with E-state index in [1.54, 1.807) is 42.8 Å². The van der Waals surface area contributed by atoms with Crippen LogP contribution in [0.3, 0.4) is 0 Å². The van der Waals surface area contributed by atoms with Crippen LogP contribution >= 0.6 is 23.2 Å². The van der Waals surface area contributed by atoms with Gasteiger partial charge < -0.3 is 4.42 Å². The highest BCUT2D eigenvalue weighted by Gasteiger charge is 1.98. The summed E-state index contributed by atoms with van der Waals surface area (Å²) < 4.78 is 5.05. The molecule has 76 valence electrons. The highest BCUT2D eigenvalue weighted by atomic mass is 35.5. The number of halogens is 2. The van der Waals surface area contributed by atoms with Crippen molar-refractivity contribution in [3.05, 3.63) is 52.2 Å². The minimum Gasteiger partial charge on any atom is -0.447 e. The summed E-state index contributed by atoms with van der Waals surface area (Å²) in [6, 6.07) is 8.77. The van der Waals surface area contributed by atoms with E-state index in [9.17, 15) is 0 Å². The summed E-state index contributed by atoms with van der Waals surface area (Å²) in [4.78, 5) is 4.11. The molecule has 0 aliphatic rings. The molecule has 1 heterocycles. The van der Waals surface area contributed by atoms with Gasteiger partial charge >= 0.3 is 0 Å². The Morgan fingerprint density at radius 1 is 1.20 bits per heavy atom. The van der Waals surface area contributed by atoms with Gasteiger partial charge in [-0.2, -0.15) is 0 Å². The smallest absolute Gasteiger partial charge is 0.218 e. The number of nitrogens with zero attached hydrogens (tertiary/aromatic N) is 1. The van der Waals surface area contributed by atoms with Crippen LogP contribution in [0.2, 0.25) is 10.0 Å². The molecule has 2 rings (SSSR count). The fourth-order valence-electron chi connectivity index (χ4n) is 1.08. The van der Waals surface area contributed by atoms with Crippen LogP contribution in [-0.4, -0.2) is 6.21 Å². The molecule has 0 fully saturated rings. The van der Waals surface area contributed by atoms with Crippen LogP contribution in [-0.2, 0) is 0 Å². The van der Waals surface area contributed by atoms with Gasteiger partial charge in [-0.25, -0.2) is 4.99 Å². The lowest BCUT2D eigenvalue weighted by molar-refractivity contribution is 0.578. The first-order valence-electron chi connectivity index (χ1n) is 4.28. The first kappa shape index (κ1) is 10.3. The fourth-order valence-corrected chi connectivity index (χ4v) is 1.54. The Morgan fingerprint density at radius 2 is 2.07 bits per heavy atom. The van der Waals surface area contributed by atoms with E-state index in [2.05, 4.69) is 4.99 Å². The van der Waals surface area contributed by atoms with Crippen LogP contribution in [0.25, 0.3) is 0 Å². The van der Waals surface area contributed by atoms with Crippen LogP contribution in [0.4, 0.5) is 5.88 Å². The molecule has 1 aromatic heterocycles. The second-order valence-corrected chi connectivity index (χ2v) is 3.72. The van der Waals surface area contributed by atoms with E-state index < -0.39 is 0 Å². The third-order valence-electron chi connectivity index (χ3n) is 1.80. The second-order valence-electron chi connectivity index (χ2n) is 2.88. The van der Waals surface area contributed by atoms with Gasteiger partial charge in [0.25, 0.3) is 0 Å². The zero-order chi connectivity index (χ0) is 10.7. The maximum atomic E-state index is 5.96. The predicted molar refractivity (Wildman–Crippen MR) is 62.4 cm³/mol. The van der Waals surface area contributed by atoms with E-state index in [4.69, 9.17) is 27.6 Å². The number of furan rings is 1. The Kier molecular flexibility index (Phi) is 3.09. The number of aliphatic imine (C=N–C) groups is 1. The summed E-state index contributed by atoms with van der Waals surface area (Å²) in [7, 11) is 0. The normalized spacial score (nSPS) is 11.1. The van der Waals surface area contributed by atoms with Gasteiger partial charge in [-0.3, -0.25) is 0 Å². The van der Waals surface area contributed by atoms with Crippen molar-refractivity contribution < 1.29 is 4.42 Å². The Hall–Kier alpha value is -1.25. The molecule has 0 bridgehead atoms. The summed E-state index contributed by atoms with van der Waals surface area (Å²) in [5, 5.41) is 1.17. The molecule has 0 unspecified atom stereocenters. The average molecular weight is 240 g/mol. The molecule has 0 amide bonds. The SMILES string of the molecule is Clc1ccc(/C=N/c2ccco2)c(Cl)c1. The Morgan fingerprint density at radius 3 is 2.73 bits per heavy atom. The van der Waals surface area contributed by atoms with Crippen LogP contribution in [0.5, 0.6) is 0 Å². The summed E-state index contributed by atoms with van der Waals surface area (Å²) in [6.45, 7) is 0. The van der Waals surface area contributed by atoms with Crippen molar-refractivity contribution in [1.82, 2.24) is 0 Å². The van der Waals surface area contributed by atoms with Gasteiger partial charge in [-0.05, 0) is 18.2 Å². The van der Waals surface area contributed by atoms with Gasteiger partial charge in [0.05, 0.1) is 11.3 Å². The largest absolute Gasteiger partial charge is 0.447 e. The van der Waals surface area contributed by atoms with Crippen molar-refractivity contribution in [2.24, 2.45) is 4.99 Å². The summed E-state index contributed by atoms with van der Waals surface area (Å²) in [6.07, 6.45) is 3.20. The third-order valence-corrected chi connectivity index (χ3v) is 2.36. The van der Waals surface area contributed by atoms with E-state index in [0.717, 1.165) is 5.56 Å². The second kappa shape index (κ2) is 4.51. The monoisotopic (exact) mass is 239 g/mol. The molecule has 15 heavy (non-hydrogen) atoms. The zero-order valence-electron chi connectivity index (χ0n) is 7.65. The maximum Gasteiger partial charge on any atom is 0.218 e. The Balaban J connectivity index is 2.24. The van der Waals surface area contributed by atoms with Crippen molar-refractivity contribution in [1.29, 1.82) is 0 Å². The molecule has 0 saturated carbocycles. The van der Waals surface area contributed by atoms with Crippen LogP contribution in [0.1, 0.15) is 5.56 Å². The number of hydrogen-bond acceptors (Lipinski definition) is 2. The molecule has 0 radical (unpaired) electrons. The molecule has 0 aliphatic carbocycles. The van der Waals surface area contributed by atoms with E-state index in [1.807, 2.05) is 0 Å². The van der Waals surface area contributed by atoms with Crippen molar-refractivity contribution in [3.63, 3.8) is 0 Å². The molecule has 0 aliphatic heterocycles. The summed E-state index contributed by atoms with van der Waals surface area (Å²) in [5.41, 5.74) is 0.803. The van der Waals surface area contributed by atoms with Crippen molar-refractivity contribution in [2.45, 2.75) is 0 Å². The topological polar surface area (TPSA) is 25.5 Å². The summed E-state index contributed by atoms with van der Waals surface area (Å²) in [5.74, 6) is 0.543. The molecule has 0 spiro atoms. The molecular weight excluding hydrogens is 233 g/mol. The average Bonchev–Trinajstić information content (AvgIpc) is 2.69. The lowest BCUT2D eigenvalue weighted by Crippen LogP contribution is -1.81. The van der Waals surface area contributed by atoms with Crippen LogP contribution < -0.4 is 0 Å². The standard InChI is InChI=1S/C11H7Cl2NO/c12-9-4-3-8(10(13)6-9)7-14-11-2-1-5-15-11/h1-7H/b14-7+. The quantitative estimate of drug-likeness (QED) is 0.717. The molecule has 1 aromatic carbocycles. The predicted octanol–water partition coefficient (Wildman–Crippen LogP) is 4.34. The van der Waals surface area contributed by atoms with E-state index in [0.29, 0.717) is 15.9 Å². The van der Waals surface area contributed by atoms with Crippen molar-refractivity contribution in [2.75, 3.05) is 0 Å². The van der Waals surface area contributed by atoms with Gasteiger partial charge in [-0.15, -0.1) is 0 Å². The zero-order valence-corrected chi connectivity index (χ0v) is 9.16. The van der Waals surface area contributed by atoms with Crippen LogP contribution in [0.15, 0.2) is 46.0 Å². The highest BCUT2D eigenvalue weighted by molar-refractivity contribution is 6.36. The van der Waals surface area contributed by atoms with E-state index in [1.165, 1.54) is 0 Å². The van der Waals surface area contributed by atoms with E-state index in [-0.39, 0.29) is 0 Å². The number of benzene rings is 1. The molecule has 2 aromatic rings. The molecule has 2 nitrogen and oxygen atoms in total. The lowest BCUT2D eigenvalue weighted by atomic mass is 10.2. The number of hydrogen-bond donors (Lipinski definition) is 0. The van der Waals surface area contributed by atoms with Gasteiger partial charge in [0.2, 0.25) is 5.88 Å². The molecule has 0 saturated heterocycles. The van der Waals surface area contributed by atoms with Crippen molar-refractivity contribution >= 4 is 35.3 Å². The highest BCUT2D eigenvalue weighted by Crippen LogP contribution is 2.20. The Labute approximate surface area is 97.1 Å². The van der Waals surface area contributed by atoms with E-state index >= 15 is 0 Å².